The van der Waals surface area contributed by atoms with E-state index in [1.54, 1.807) is 31.0 Å². The van der Waals surface area contributed by atoms with Crippen LogP contribution < -0.4 is 9.84 Å². The van der Waals surface area contributed by atoms with Crippen molar-refractivity contribution in [2.45, 2.75) is 30.5 Å². The summed E-state index contributed by atoms with van der Waals surface area (Å²) in [7, 11) is 0. The first kappa shape index (κ1) is 20.5. The molecule has 10 heteroatoms. The second kappa shape index (κ2) is 6.99. The fraction of sp³-hybridized carbons (Fsp3) is 0.222. The third kappa shape index (κ3) is 3.45. The fourth-order valence-corrected chi connectivity index (χ4v) is 5.34. The van der Waals surface area contributed by atoms with Crippen molar-refractivity contribution in [3.8, 4) is 11.8 Å². The first-order chi connectivity index (χ1) is 13.0. The molecule has 1 fully saturated rings. The smallest absolute Gasteiger partial charge is 0.417 e. The van der Waals surface area contributed by atoms with Crippen LogP contribution in [0.15, 0.2) is 45.8 Å². The predicted octanol–water partition coefficient (Wildman–Crippen LogP) is 4.65. The summed E-state index contributed by atoms with van der Waals surface area (Å²) in [6.07, 6.45) is -4.70. The van der Waals surface area contributed by atoms with Crippen molar-refractivity contribution >= 4 is 37.8 Å². The summed E-state index contributed by atoms with van der Waals surface area (Å²) < 4.78 is 40.3. The van der Waals surface area contributed by atoms with Gasteiger partial charge in [-0.25, -0.2) is 0 Å². The Morgan fingerprint density at radius 3 is 2.50 bits per heavy atom. The molecular formula is C18H15BrF3N3O2S. The number of thiol groups is 1. The Morgan fingerprint density at radius 1 is 1.25 bits per heavy atom. The highest BCUT2D eigenvalue weighted by molar-refractivity contribution is 9.10. The number of phenolic OH excluding ortho intramolecular Hbond substituents is 1. The van der Waals surface area contributed by atoms with Gasteiger partial charge in [-0.15, -0.1) is 0 Å². The van der Waals surface area contributed by atoms with Gasteiger partial charge in [0.15, 0.2) is 0 Å². The number of benzene rings is 2. The number of carbonyl (C=O) groups excluding carboxylic acids is 1. The molecule has 1 aliphatic rings. The first-order valence-corrected chi connectivity index (χ1v) is 10.1. The van der Waals surface area contributed by atoms with Crippen molar-refractivity contribution in [3.05, 3.63) is 52.0 Å². The Balaban J connectivity index is 2.04. The largest absolute Gasteiger partial charge is 0.507 e. The standard InChI is InChI=1S/C18H15BrF3N3O2S/c1-17(2)16(27)28(24-25(17)11-4-6-15(26)14(19)7-11)12-5-3-10(9-23)13(8-12)18(20,21)22/h3-8,24,26,28H,1-2H3. The van der Waals surface area contributed by atoms with Crippen molar-refractivity contribution in [1.29, 1.82) is 5.26 Å². The molecule has 0 saturated carbocycles. The van der Waals surface area contributed by atoms with E-state index in [1.165, 1.54) is 18.2 Å². The van der Waals surface area contributed by atoms with Crippen molar-refractivity contribution < 1.29 is 23.1 Å². The Morgan fingerprint density at radius 2 is 1.93 bits per heavy atom. The fourth-order valence-electron chi connectivity index (χ4n) is 2.83. The van der Waals surface area contributed by atoms with Crippen molar-refractivity contribution in [1.82, 2.24) is 4.83 Å². The minimum Gasteiger partial charge on any atom is -0.507 e. The third-order valence-corrected chi connectivity index (χ3v) is 7.15. The van der Waals surface area contributed by atoms with Gasteiger partial charge in [0.2, 0.25) is 5.12 Å². The minimum atomic E-state index is -4.70. The molecule has 0 aromatic heterocycles. The molecule has 0 aliphatic carbocycles. The number of anilines is 1. The molecule has 1 saturated heterocycles. The lowest BCUT2D eigenvalue weighted by molar-refractivity contribution is -0.138. The van der Waals surface area contributed by atoms with Crippen LogP contribution in [0.3, 0.4) is 0 Å². The first-order valence-electron chi connectivity index (χ1n) is 7.97. The molecule has 2 aromatic rings. The summed E-state index contributed by atoms with van der Waals surface area (Å²) in [5.74, 6) is 0.0243. The minimum absolute atomic E-state index is 0.0243. The molecule has 2 aromatic carbocycles. The Bertz CT molecular complexity index is 1000. The van der Waals surface area contributed by atoms with Crippen LogP contribution in [0.2, 0.25) is 0 Å². The number of nitriles is 1. The zero-order chi connectivity index (χ0) is 20.9. The molecule has 5 nitrogen and oxygen atoms in total. The van der Waals surface area contributed by atoms with Gasteiger partial charge >= 0.3 is 6.18 Å². The number of rotatable bonds is 2. The molecule has 0 bridgehead atoms. The van der Waals surface area contributed by atoms with Gasteiger partial charge in [-0.3, -0.25) is 9.80 Å². The van der Waals surface area contributed by atoms with E-state index in [0.717, 1.165) is 12.1 Å². The highest BCUT2D eigenvalue weighted by atomic mass is 79.9. The highest BCUT2D eigenvalue weighted by Crippen LogP contribution is 2.48. The molecule has 0 amide bonds. The number of phenols is 1. The Kier molecular flexibility index (Phi) is 5.12. The van der Waals surface area contributed by atoms with E-state index in [-0.39, 0.29) is 15.8 Å². The van der Waals surface area contributed by atoms with Crippen LogP contribution in [-0.2, 0) is 11.0 Å². The maximum Gasteiger partial charge on any atom is 0.417 e. The van der Waals surface area contributed by atoms with Gasteiger partial charge in [0.05, 0.1) is 27.4 Å². The Hall–Kier alpha value is -2.22. The summed E-state index contributed by atoms with van der Waals surface area (Å²) in [5, 5.41) is 19.9. The van der Waals surface area contributed by atoms with Crippen LogP contribution in [0.4, 0.5) is 18.9 Å². The lowest BCUT2D eigenvalue weighted by Crippen LogP contribution is -2.46. The van der Waals surface area contributed by atoms with Gasteiger partial charge in [0.25, 0.3) is 0 Å². The highest BCUT2D eigenvalue weighted by Gasteiger charge is 2.46. The predicted molar refractivity (Wildman–Crippen MR) is 104 cm³/mol. The number of alkyl halides is 3. The van der Waals surface area contributed by atoms with Gasteiger partial charge < -0.3 is 5.11 Å². The molecule has 3 rings (SSSR count). The number of halogens is 4. The number of nitrogens with one attached hydrogen (secondary N) is 1. The van der Waals surface area contributed by atoms with Gasteiger partial charge in [-0.05, 0) is 66.2 Å². The lowest BCUT2D eigenvalue weighted by Gasteiger charge is -2.30. The average Bonchev–Trinajstić information content (AvgIpc) is 2.86. The molecule has 1 atom stereocenters. The third-order valence-electron chi connectivity index (χ3n) is 4.36. The number of hydrogen-bond donors (Lipinski definition) is 3. The van der Waals surface area contributed by atoms with E-state index in [1.807, 2.05) is 0 Å². The average molecular weight is 474 g/mol. The van der Waals surface area contributed by atoms with Crippen molar-refractivity contribution in [2.24, 2.45) is 0 Å². The SMILES string of the molecule is CC1(C)C(=O)[SH](c2ccc(C#N)c(C(F)(F)F)c2)NN1c1ccc(O)c(Br)c1. The van der Waals surface area contributed by atoms with Crippen LogP contribution in [0.25, 0.3) is 0 Å². The van der Waals surface area contributed by atoms with E-state index in [4.69, 9.17) is 5.26 Å². The van der Waals surface area contributed by atoms with Crippen molar-refractivity contribution in [2.75, 3.05) is 5.01 Å². The summed E-state index contributed by atoms with van der Waals surface area (Å²) in [5.41, 5.74) is -2.02. The molecule has 28 heavy (non-hydrogen) atoms. The molecule has 0 radical (unpaired) electrons. The van der Waals surface area contributed by atoms with E-state index in [0.29, 0.717) is 10.2 Å². The van der Waals surface area contributed by atoms with Crippen LogP contribution in [-0.4, -0.2) is 15.8 Å². The van der Waals surface area contributed by atoms with Gasteiger partial charge in [-0.2, -0.15) is 23.3 Å². The van der Waals surface area contributed by atoms with E-state index in [2.05, 4.69) is 20.8 Å². The van der Waals surface area contributed by atoms with Crippen LogP contribution in [0, 0.1) is 11.3 Å². The second-order valence-electron chi connectivity index (χ2n) is 6.61. The van der Waals surface area contributed by atoms with Gasteiger partial charge in [0, 0.05) is 4.90 Å². The quantitative estimate of drug-likeness (QED) is 0.553. The molecule has 0 spiro atoms. The maximum absolute atomic E-state index is 13.3. The molecule has 1 unspecified atom stereocenters. The van der Waals surface area contributed by atoms with Gasteiger partial charge in [0.1, 0.15) is 11.3 Å². The molecular weight excluding hydrogens is 459 g/mol. The number of hydrazine groups is 1. The number of nitrogens with zero attached hydrogens (tertiary/aromatic N) is 2. The zero-order valence-corrected chi connectivity index (χ0v) is 17.2. The monoisotopic (exact) mass is 473 g/mol. The van der Waals surface area contributed by atoms with E-state index >= 15 is 0 Å². The molecule has 1 heterocycles. The van der Waals surface area contributed by atoms with Gasteiger partial charge in [-0.1, -0.05) is 11.1 Å². The van der Waals surface area contributed by atoms with Crippen LogP contribution in [0.5, 0.6) is 5.75 Å². The lowest BCUT2D eigenvalue weighted by atomic mass is 10.1. The van der Waals surface area contributed by atoms with Crippen molar-refractivity contribution in [3.63, 3.8) is 0 Å². The second-order valence-corrected chi connectivity index (χ2v) is 9.26. The van der Waals surface area contributed by atoms with E-state index < -0.39 is 33.9 Å². The summed E-state index contributed by atoms with van der Waals surface area (Å²) in [4.78, 5) is 16.2. The number of aromatic hydroxyl groups is 1. The van der Waals surface area contributed by atoms with E-state index in [9.17, 15) is 23.1 Å². The Labute approximate surface area is 170 Å². The summed E-state index contributed by atoms with van der Waals surface area (Å²) in [6, 6.07) is 9.51. The normalized spacial score (nSPS) is 20.2. The molecule has 1 aliphatic heterocycles. The maximum atomic E-state index is 13.3. The topological polar surface area (TPSA) is 76.4 Å². The van der Waals surface area contributed by atoms with Crippen LogP contribution in [0.1, 0.15) is 25.0 Å². The van der Waals surface area contributed by atoms with Crippen LogP contribution >= 0.6 is 27.0 Å². The number of carbonyl (C=O) groups is 1. The summed E-state index contributed by atoms with van der Waals surface area (Å²) >= 11 is 1.41. The molecule has 2 N–H and O–H groups in total. The summed E-state index contributed by atoms with van der Waals surface area (Å²) in [6.45, 7) is 3.33. The zero-order valence-electron chi connectivity index (χ0n) is 14.7. The number of hydrogen-bond acceptors (Lipinski definition) is 5. The molecule has 148 valence electrons.